The van der Waals surface area contributed by atoms with Gasteiger partial charge in [0, 0.05) is 11.9 Å². The predicted molar refractivity (Wildman–Crippen MR) is 75.4 cm³/mol. The van der Waals surface area contributed by atoms with Crippen LogP contribution in [0, 0.1) is 0 Å². The Morgan fingerprint density at radius 1 is 1.26 bits per heavy atom. The van der Waals surface area contributed by atoms with E-state index in [1.165, 1.54) is 25.7 Å². The van der Waals surface area contributed by atoms with E-state index in [1.54, 1.807) is 16.4 Å². The molecule has 1 aliphatic heterocycles. The van der Waals surface area contributed by atoms with Gasteiger partial charge in [-0.25, -0.2) is 4.68 Å². The van der Waals surface area contributed by atoms with Crippen LogP contribution in [0.3, 0.4) is 0 Å². The molecule has 5 nitrogen and oxygen atoms in total. The first-order valence-electron chi connectivity index (χ1n) is 7.00. The van der Waals surface area contributed by atoms with Crippen LogP contribution in [0.25, 0.3) is 0 Å². The largest absolute Gasteiger partial charge is 0.370 e. The Hall–Kier alpha value is -1.01. The van der Waals surface area contributed by atoms with E-state index in [0.717, 1.165) is 30.4 Å². The van der Waals surface area contributed by atoms with Crippen LogP contribution < -0.4 is 5.84 Å². The van der Waals surface area contributed by atoms with E-state index in [-0.39, 0.29) is 6.10 Å². The molecule has 1 aromatic heterocycles. The third-order valence-corrected chi connectivity index (χ3v) is 4.81. The Bertz CT molecular complexity index is 453. The average Bonchev–Trinajstić information content (AvgIpc) is 2.82. The summed E-state index contributed by atoms with van der Waals surface area (Å²) in [6.07, 6.45) is 11.4. The first-order chi connectivity index (χ1) is 9.34. The van der Waals surface area contributed by atoms with Crippen LogP contribution in [0.5, 0.6) is 0 Å². The molecule has 0 amide bonds. The number of nitrogens with zero attached hydrogens (tertiary/aromatic N) is 3. The van der Waals surface area contributed by atoms with Crippen molar-refractivity contribution in [1.82, 2.24) is 14.9 Å². The van der Waals surface area contributed by atoms with Crippen molar-refractivity contribution in [3.8, 4) is 0 Å². The van der Waals surface area contributed by atoms with E-state index < -0.39 is 0 Å². The lowest BCUT2D eigenvalue weighted by Crippen LogP contribution is -2.21. The highest BCUT2D eigenvalue weighted by Crippen LogP contribution is 2.31. The van der Waals surface area contributed by atoms with Crippen molar-refractivity contribution in [3.05, 3.63) is 18.0 Å². The van der Waals surface area contributed by atoms with E-state index in [9.17, 15) is 0 Å². The lowest BCUT2D eigenvalue weighted by Gasteiger charge is -2.21. The van der Waals surface area contributed by atoms with E-state index in [2.05, 4.69) is 22.3 Å². The van der Waals surface area contributed by atoms with Gasteiger partial charge in [0.05, 0.1) is 0 Å². The first-order valence-corrected chi connectivity index (χ1v) is 7.88. The molecule has 19 heavy (non-hydrogen) atoms. The molecule has 0 bridgehead atoms. The molecule has 1 fully saturated rings. The number of nitrogen functional groups attached to an aromatic ring is 1. The summed E-state index contributed by atoms with van der Waals surface area (Å²) in [5.41, 5.74) is 0. The standard InChI is InChI=1S/C13H20N4OS/c14-17-12(11-8-4-5-9-18-11)15-16-13(17)19-10-6-2-1-3-7-10/h2,6,10-11H,1,3-5,7-9,14H2/t10-,11-/m0/s1. The number of rotatable bonds is 3. The highest BCUT2D eigenvalue weighted by Gasteiger charge is 2.24. The van der Waals surface area contributed by atoms with E-state index in [1.807, 2.05) is 0 Å². The Morgan fingerprint density at radius 2 is 2.21 bits per heavy atom. The number of nitrogens with two attached hydrogens (primary N) is 1. The van der Waals surface area contributed by atoms with Crippen LogP contribution in [0.1, 0.15) is 50.5 Å². The lowest BCUT2D eigenvalue weighted by molar-refractivity contribution is 0.00780. The van der Waals surface area contributed by atoms with Gasteiger partial charge in [-0.15, -0.1) is 10.2 Å². The van der Waals surface area contributed by atoms with Crippen molar-refractivity contribution in [2.45, 2.75) is 55.0 Å². The molecule has 2 atom stereocenters. The summed E-state index contributed by atoms with van der Waals surface area (Å²) in [4.78, 5) is 0. The van der Waals surface area contributed by atoms with Gasteiger partial charge in [0.15, 0.2) is 5.82 Å². The molecule has 2 N–H and O–H groups in total. The highest BCUT2D eigenvalue weighted by molar-refractivity contribution is 7.99. The second-order valence-electron chi connectivity index (χ2n) is 5.08. The first kappa shape index (κ1) is 13.0. The van der Waals surface area contributed by atoms with Gasteiger partial charge in [-0.1, -0.05) is 23.9 Å². The molecule has 2 aliphatic rings. The van der Waals surface area contributed by atoms with Crippen LogP contribution in [-0.4, -0.2) is 26.7 Å². The zero-order valence-corrected chi connectivity index (χ0v) is 11.8. The van der Waals surface area contributed by atoms with Crippen LogP contribution >= 0.6 is 11.8 Å². The van der Waals surface area contributed by atoms with Gasteiger partial charge in [0.25, 0.3) is 0 Å². The maximum Gasteiger partial charge on any atom is 0.210 e. The van der Waals surface area contributed by atoms with Crippen molar-refractivity contribution in [2.24, 2.45) is 0 Å². The van der Waals surface area contributed by atoms with E-state index >= 15 is 0 Å². The van der Waals surface area contributed by atoms with Crippen LogP contribution in [0.15, 0.2) is 17.3 Å². The third-order valence-electron chi connectivity index (χ3n) is 3.63. The normalized spacial score (nSPS) is 27.6. The van der Waals surface area contributed by atoms with Gasteiger partial charge < -0.3 is 10.6 Å². The smallest absolute Gasteiger partial charge is 0.210 e. The van der Waals surface area contributed by atoms with Crippen molar-refractivity contribution in [3.63, 3.8) is 0 Å². The fraction of sp³-hybridized carbons (Fsp3) is 0.692. The molecule has 1 saturated heterocycles. The van der Waals surface area contributed by atoms with Crippen molar-refractivity contribution >= 4 is 11.8 Å². The third kappa shape index (κ3) is 2.95. The average molecular weight is 280 g/mol. The molecule has 104 valence electrons. The quantitative estimate of drug-likeness (QED) is 0.680. The molecule has 0 unspecified atom stereocenters. The van der Waals surface area contributed by atoms with Crippen molar-refractivity contribution in [1.29, 1.82) is 0 Å². The topological polar surface area (TPSA) is 66.0 Å². The van der Waals surface area contributed by atoms with Gasteiger partial charge in [-0.05, 0) is 38.5 Å². The second kappa shape index (κ2) is 5.96. The summed E-state index contributed by atoms with van der Waals surface area (Å²) in [7, 11) is 0. The van der Waals surface area contributed by atoms with Crippen LogP contribution in [0.2, 0.25) is 0 Å². The minimum Gasteiger partial charge on any atom is -0.370 e. The summed E-state index contributed by atoms with van der Waals surface area (Å²) in [5, 5.41) is 9.71. The van der Waals surface area contributed by atoms with Gasteiger partial charge in [0.2, 0.25) is 5.16 Å². The zero-order chi connectivity index (χ0) is 13.1. The zero-order valence-electron chi connectivity index (χ0n) is 11.0. The molecule has 1 aromatic rings. The minimum absolute atomic E-state index is 0.0162. The van der Waals surface area contributed by atoms with Gasteiger partial charge in [-0.3, -0.25) is 0 Å². The summed E-state index contributed by atoms with van der Waals surface area (Å²) in [5.74, 6) is 6.88. The SMILES string of the molecule is Nn1c(S[C@H]2C=CCCC2)nnc1[C@@H]1CCCCO1. The minimum atomic E-state index is 0.0162. The second-order valence-corrected chi connectivity index (χ2v) is 6.29. The molecular weight excluding hydrogens is 260 g/mol. The number of hydrogen-bond acceptors (Lipinski definition) is 5. The Kier molecular flexibility index (Phi) is 4.08. The van der Waals surface area contributed by atoms with Gasteiger partial charge >= 0.3 is 0 Å². The maximum absolute atomic E-state index is 6.12. The van der Waals surface area contributed by atoms with Gasteiger partial charge in [0.1, 0.15) is 6.10 Å². The molecule has 1 aliphatic carbocycles. The molecular formula is C13H20N4OS. The summed E-state index contributed by atoms with van der Waals surface area (Å²) in [6.45, 7) is 0.797. The molecule has 6 heteroatoms. The van der Waals surface area contributed by atoms with E-state index in [0.29, 0.717) is 5.25 Å². The van der Waals surface area contributed by atoms with Crippen LogP contribution in [-0.2, 0) is 4.74 Å². The van der Waals surface area contributed by atoms with Gasteiger partial charge in [-0.2, -0.15) is 0 Å². The molecule has 0 spiro atoms. The molecule has 0 aromatic carbocycles. The monoisotopic (exact) mass is 280 g/mol. The number of hydrogen-bond donors (Lipinski definition) is 1. The fourth-order valence-electron chi connectivity index (χ4n) is 2.55. The Labute approximate surface area is 117 Å². The number of thioether (sulfide) groups is 1. The molecule has 3 rings (SSSR count). The summed E-state index contributed by atoms with van der Waals surface area (Å²) in [6, 6.07) is 0. The Balaban J connectivity index is 1.70. The number of ether oxygens (including phenoxy) is 1. The maximum atomic E-state index is 6.12. The Morgan fingerprint density at radius 3 is 2.95 bits per heavy atom. The highest BCUT2D eigenvalue weighted by atomic mass is 32.2. The molecule has 2 heterocycles. The summed E-state index contributed by atoms with van der Waals surface area (Å²) >= 11 is 1.70. The van der Waals surface area contributed by atoms with Crippen LogP contribution in [0.4, 0.5) is 0 Å². The lowest BCUT2D eigenvalue weighted by atomic mass is 10.1. The number of allylic oxidation sites excluding steroid dienone is 1. The predicted octanol–water partition coefficient (Wildman–Crippen LogP) is 2.43. The number of aromatic nitrogens is 3. The van der Waals surface area contributed by atoms with Crippen molar-refractivity contribution in [2.75, 3.05) is 12.4 Å². The van der Waals surface area contributed by atoms with E-state index in [4.69, 9.17) is 10.6 Å². The van der Waals surface area contributed by atoms with Crippen molar-refractivity contribution < 1.29 is 4.74 Å². The molecule has 0 saturated carbocycles. The summed E-state index contributed by atoms with van der Waals surface area (Å²) < 4.78 is 7.34. The fourth-order valence-corrected chi connectivity index (χ4v) is 3.59. The molecule has 0 radical (unpaired) electrons.